The Morgan fingerprint density at radius 3 is 1.76 bits per heavy atom. The van der Waals surface area contributed by atoms with Crippen LogP contribution in [0.3, 0.4) is 0 Å². The van der Waals surface area contributed by atoms with Crippen molar-refractivity contribution in [3.05, 3.63) is 75.7 Å². The molecule has 0 saturated heterocycles. The minimum absolute atomic E-state index is 0. The fourth-order valence-corrected chi connectivity index (χ4v) is 5.25. The molecule has 0 aliphatic carbocycles. The molecule has 0 aromatic heterocycles. The van der Waals surface area contributed by atoms with Crippen LogP contribution in [0.15, 0.2) is 33.2 Å². The summed E-state index contributed by atoms with van der Waals surface area (Å²) in [5.74, 6) is -3.87. The first kappa shape index (κ1) is 33.9. The Balaban J connectivity index is 0.000000280. The van der Waals surface area contributed by atoms with Gasteiger partial charge in [-0.15, -0.1) is 0 Å². The Morgan fingerprint density at radius 2 is 1.27 bits per heavy atom. The largest absolute Gasteiger partial charge is 0.471 e. The van der Waals surface area contributed by atoms with Crippen LogP contribution in [0.25, 0.3) is 0 Å². The molecule has 41 heavy (non-hydrogen) atoms. The number of carbonyl (C=O) groups excluding carboxylic acids is 2. The molecule has 2 heterocycles. The number of nitro groups is 2. The van der Waals surface area contributed by atoms with E-state index in [1.54, 1.807) is 6.07 Å². The van der Waals surface area contributed by atoms with Crippen molar-refractivity contribution < 1.29 is 45.8 Å². The van der Waals surface area contributed by atoms with Gasteiger partial charge in [-0.3, -0.25) is 29.8 Å². The summed E-state index contributed by atoms with van der Waals surface area (Å²) in [4.78, 5) is 44.2. The van der Waals surface area contributed by atoms with Crippen molar-refractivity contribution in [1.29, 1.82) is 0 Å². The van der Waals surface area contributed by atoms with Crippen LogP contribution < -0.4 is 0 Å². The summed E-state index contributed by atoms with van der Waals surface area (Å²) in [6, 6.07) is 5.82. The summed E-state index contributed by atoms with van der Waals surface area (Å²) in [7, 11) is 0. The number of benzene rings is 2. The van der Waals surface area contributed by atoms with Crippen LogP contribution in [0.4, 0.5) is 37.7 Å². The highest BCUT2D eigenvalue weighted by Gasteiger charge is 2.44. The molecule has 0 radical (unpaired) electrons. The maximum absolute atomic E-state index is 12.4. The molecule has 0 unspecified atom stereocenters. The van der Waals surface area contributed by atoms with Crippen LogP contribution >= 0.6 is 31.9 Å². The molecule has 18 heteroatoms. The van der Waals surface area contributed by atoms with Gasteiger partial charge in [0.05, 0.1) is 30.9 Å². The molecule has 10 nitrogen and oxygen atoms in total. The number of nitro benzene ring substituents is 2. The number of fused-ring (bicyclic) bond motifs is 2. The Morgan fingerprint density at radius 1 is 0.756 bits per heavy atom. The Labute approximate surface area is 244 Å². The SMILES string of the molecule is C.O=C(N1CCc2cc([N+](=O)[O-])c(Br)cc2C1)C(F)(F)F.O=C(N1CCc2ccc(Br)c([N+](=O)[O-])c2C1)C(F)(F)F. The van der Waals surface area contributed by atoms with Crippen molar-refractivity contribution >= 4 is 55.0 Å². The lowest BCUT2D eigenvalue weighted by molar-refractivity contribution is -0.386. The quantitative estimate of drug-likeness (QED) is 0.205. The van der Waals surface area contributed by atoms with Crippen LogP contribution in [0.1, 0.15) is 29.7 Å². The molecular formula is C23H20Br2F6N4O6. The van der Waals surface area contributed by atoms with E-state index < -0.39 is 40.6 Å². The normalized spacial score (nSPS) is 14.5. The molecule has 2 aliphatic heterocycles. The second-order valence-corrected chi connectivity index (χ2v) is 10.3. The average molecular weight is 722 g/mol. The van der Waals surface area contributed by atoms with Crippen molar-refractivity contribution in [1.82, 2.24) is 9.80 Å². The summed E-state index contributed by atoms with van der Waals surface area (Å²) in [5.41, 5.74) is 1.37. The molecule has 224 valence electrons. The molecule has 4 rings (SSSR count). The zero-order chi connectivity index (χ0) is 30.2. The van der Waals surface area contributed by atoms with E-state index in [1.165, 1.54) is 18.2 Å². The predicted molar refractivity (Wildman–Crippen MR) is 139 cm³/mol. The number of amides is 2. The lowest BCUT2D eigenvalue weighted by Crippen LogP contribution is -2.43. The lowest BCUT2D eigenvalue weighted by atomic mass is 9.98. The smallest absolute Gasteiger partial charge is 0.330 e. The van der Waals surface area contributed by atoms with Gasteiger partial charge in [-0.05, 0) is 73.5 Å². The molecule has 0 spiro atoms. The maximum atomic E-state index is 12.4. The standard InChI is InChI=1S/2C11H8BrF3N2O3.CH4/c12-8-3-7-5-16(10(18)11(13,14)15)2-1-6(7)4-9(8)17(19)20;12-8-2-1-6-3-4-16(10(18)11(13,14)15)5-7(6)9(8)17(19)20;/h3-4H,1-2,5H2;1-2H,3-5H2;1H4. The average Bonchev–Trinajstić information content (AvgIpc) is 2.85. The third-order valence-corrected chi connectivity index (χ3v) is 7.33. The fourth-order valence-electron chi connectivity index (χ4n) is 4.19. The van der Waals surface area contributed by atoms with E-state index in [-0.39, 0.29) is 65.8 Å². The van der Waals surface area contributed by atoms with Gasteiger partial charge in [0, 0.05) is 25.7 Å². The molecule has 0 saturated carbocycles. The second kappa shape index (κ2) is 12.7. The van der Waals surface area contributed by atoms with Gasteiger partial charge < -0.3 is 9.80 Å². The fraction of sp³-hybridized carbons (Fsp3) is 0.391. The molecule has 0 fully saturated rings. The molecule has 2 amide bonds. The monoisotopic (exact) mass is 720 g/mol. The van der Waals surface area contributed by atoms with E-state index in [4.69, 9.17) is 0 Å². The van der Waals surface area contributed by atoms with Crippen molar-refractivity contribution in [2.45, 2.75) is 45.7 Å². The van der Waals surface area contributed by atoms with Crippen LogP contribution in [0, 0.1) is 20.2 Å². The molecule has 0 bridgehead atoms. The summed E-state index contributed by atoms with van der Waals surface area (Å²) in [5, 5.41) is 21.8. The Hall–Kier alpha value is -3.28. The first-order valence-electron chi connectivity index (χ1n) is 11.0. The van der Waals surface area contributed by atoms with Crippen molar-refractivity contribution in [3.8, 4) is 0 Å². The summed E-state index contributed by atoms with van der Waals surface area (Å²) in [6.45, 7) is -0.831. The first-order chi connectivity index (χ1) is 18.4. The number of halogens is 8. The van der Waals surface area contributed by atoms with Crippen molar-refractivity contribution in [3.63, 3.8) is 0 Å². The summed E-state index contributed by atoms with van der Waals surface area (Å²) < 4.78 is 74.7. The Bertz CT molecular complexity index is 1380. The van der Waals surface area contributed by atoms with Gasteiger partial charge in [-0.25, -0.2) is 0 Å². The van der Waals surface area contributed by atoms with Gasteiger partial charge in [-0.2, -0.15) is 26.3 Å². The van der Waals surface area contributed by atoms with Gasteiger partial charge in [0.15, 0.2) is 0 Å². The van der Waals surface area contributed by atoms with Gasteiger partial charge in [0.1, 0.15) is 0 Å². The second-order valence-electron chi connectivity index (χ2n) is 8.57. The number of carbonyl (C=O) groups is 2. The highest BCUT2D eigenvalue weighted by Crippen LogP contribution is 2.36. The van der Waals surface area contributed by atoms with Gasteiger partial charge in [0.2, 0.25) is 0 Å². The Kier molecular flexibility index (Phi) is 10.5. The summed E-state index contributed by atoms with van der Waals surface area (Å²) >= 11 is 6.01. The van der Waals surface area contributed by atoms with E-state index in [1.807, 2.05) is 0 Å². The number of nitrogens with zero attached hydrogens (tertiary/aromatic N) is 4. The summed E-state index contributed by atoms with van der Waals surface area (Å²) in [6.07, 6.45) is -9.57. The zero-order valence-corrected chi connectivity index (χ0v) is 23.0. The molecule has 2 aromatic carbocycles. The molecule has 0 atom stereocenters. The van der Waals surface area contributed by atoms with E-state index >= 15 is 0 Å². The predicted octanol–water partition coefficient (Wildman–Crippen LogP) is 6.24. The van der Waals surface area contributed by atoms with E-state index in [2.05, 4.69) is 31.9 Å². The highest BCUT2D eigenvalue weighted by molar-refractivity contribution is 9.11. The van der Waals surface area contributed by atoms with E-state index in [9.17, 15) is 56.2 Å². The van der Waals surface area contributed by atoms with Crippen LogP contribution in [-0.4, -0.2) is 56.9 Å². The van der Waals surface area contributed by atoms with Gasteiger partial charge >= 0.3 is 24.2 Å². The van der Waals surface area contributed by atoms with E-state index in [0.717, 1.165) is 0 Å². The topological polar surface area (TPSA) is 127 Å². The van der Waals surface area contributed by atoms with Gasteiger partial charge in [0.25, 0.3) is 11.4 Å². The maximum Gasteiger partial charge on any atom is 0.471 e. The molecule has 2 aromatic rings. The minimum atomic E-state index is -4.97. The van der Waals surface area contributed by atoms with E-state index in [0.29, 0.717) is 26.5 Å². The molecular weight excluding hydrogens is 702 g/mol. The first-order valence-corrected chi connectivity index (χ1v) is 12.6. The van der Waals surface area contributed by atoms with Crippen LogP contribution in [0.5, 0.6) is 0 Å². The van der Waals surface area contributed by atoms with Crippen LogP contribution in [-0.2, 0) is 35.5 Å². The minimum Gasteiger partial charge on any atom is -0.330 e. The lowest BCUT2D eigenvalue weighted by Gasteiger charge is -2.29. The molecule has 0 N–H and O–H groups in total. The third-order valence-electron chi connectivity index (χ3n) is 6.05. The number of rotatable bonds is 2. The zero-order valence-electron chi connectivity index (χ0n) is 19.8. The third kappa shape index (κ3) is 7.72. The van der Waals surface area contributed by atoms with Gasteiger partial charge in [-0.1, -0.05) is 13.5 Å². The number of hydrogen-bond donors (Lipinski definition) is 0. The molecule has 2 aliphatic rings. The number of hydrogen-bond acceptors (Lipinski definition) is 6. The highest BCUT2D eigenvalue weighted by atomic mass is 79.9. The van der Waals surface area contributed by atoms with Crippen LogP contribution in [0.2, 0.25) is 0 Å². The van der Waals surface area contributed by atoms with Crippen molar-refractivity contribution in [2.75, 3.05) is 13.1 Å². The number of alkyl halides is 6. The van der Waals surface area contributed by atoms with Crippen molar-refractivity contribution in [2.24, 2.45) is 0 Å².